The molecule has 1 heterocycles. The molecular weight excluding hydrogens is 567 g/mol. The van der Waals surface area contributed by atoms with Crippen molar-refractivity contribution in [1.29, 1.82) is 0 Å². The third-order valence-corrected chi connectivity index (χ3v) is 6.86. The summed E-state index contributed by atoms with van der Waals surface area (Å²) < 4.78 is 19.5. The van der Waals surface area contributed by atoms with Crippen LogP contribution in [0.5, 0.6) is 0 Å². The minimum atomic E-state index is -1.29. The number of nitro benzene ring substituents is 1. The van der Waals surface area contributed by atoms with Crippen LogP contribution in [0.3, 0.4) is 0 Å². The highest BCUT2D eigenvalue weighted by Crippen LogP contribution is 2.29. The van der Waals surface area contributed by atoms with Crippen molar-refractivity contribution in [3.05, 3.63) is 86.9 Å². The van der Waals surface area contributed by atoms with Gasteiger partial charge in [-0.2, -0.15) is 0 Å². The molecule has 42 heavy (non-hydrogen) atoms. The summed E-state index contributed by atoms with van der Waals surface area (Å²) in [4.78, 5) is 40.9. The summed E-state index contributed by atoms with van der Waals surface area (Å²) >= 11 is 6.31. The van der Waals surface area contributed by atoms with Crippen LogP contribution in [0.1, 0.15) is 27.1 Å². The van der Waals surface area contributed by atoms with Crippen LogP contribution >= 0.6 is 11.6 Å². The predicted molar refractivity (Wildman–Crippen MR) is 162 cm³/mol. The number of ether oxygens (including phenoxy) is 1. The number of hydrogen-bond acceptors (Lipinski definition) is 8. The molecule has 0 spiro atoms. The van der Waals surface area contributed by atoms with E-state index >= 15 is 0 Å². The van der Waals surface area contributed by atoms with E-state index in [1.165, 1.54) is 30.3 Å². The number of rotatable bonds is 11. The van der Waals surface area contributed by atoms with Crippen molar-refractivity contribution in [1.82, 2.24) is 4.90 Å². The Kier molecular flexibility index (Phi) is 10.3. The van der Waals surface area contributed by atoms with Crippen LogP contribution in [0.15, 0.2) is 60.7 Å². The van der Waals surface area contributed by atoms with Gasteiger partial charge in [-0.1, -0.05) is 17.7 Å². The lowest BCUT2D eigenvalue weighted by atomic mass is 10.1. The molecule has 3 aromatic carbocycles. The molecule has 0 bridgehead atoms. The fraction of sp³-hybridized carbons (Fsp3) is 0.310. The van der Waals surface area contributed by atoms with Crippen LogP contribution < -0.4 is 20.9 Å². The molecule has 4 rings (SSSR count). The summed E-state index contributed by atoms with van der Waals surface area (Å²) in [5.41, 5.74) is 1.37. The summed E-state index contributed by atoms with van der Waals surface area (Å²) in [5.74, 6) is -1.25. The lowest BCUT2D eigenvalue weighted by Gasteiger charge is -2.32. The molecule has 1 aliphatic rings. The molecule has 0 saturated carbocycles. The second kappa shape index (κ2) is 14.1. The Morgan fingerprint density at radius 3 is 2.64 bits per heavy atom. The van der Waals surface area contributed by atoms with Crippen molar-refractivity contribution in [2.24, 2.45) is 0 Å². The van der Waals surface area contributed by atoms with E-state index in [9.17, 15) is 24.1 Å². The Bertz CT molecular complexity index is 1460. The Morgan fingerprint density at radius 2 is 1.90 bits per heavy atom. The zero-order valence-corrected chi connectivity index (χ0v) is 24.0. The SMILES string of the molecule is CN(C)CCCNc1ccc([N+](=O)[O-])c(C(=O)Nc2cc(C(=O)Nc3cccc(N4CCOCC4F)c3)ccc2Cl)c1. The van der Waals surface area contributed by atoms with Gasteiger partial charge >= 0.3 is 0 Å². The quantitative estimate of drug-likeness (QED) is 0.118. The van der Waals surface area contributed by atoms with Crippen LogP contribution in [0, 0.1) is 10.1 Å². The van der Waals surface area contributed by atoms with Crippen molar-refractivity contribution in [3.8, 4) is 0 Å². The summed E-state index contributed by atoms with van der Waals surface area (Å²) in [6, 6.07) is 15.3. The van der Waals surface area contributed by atoms with Crippen LogP contribution in [0.4, 0.5) is 32.8 Å². The molecule has 3 aromatic rings. The maximum absolute atomic E-state index is 14.3. The Morgan fingerprint density at radius 1 is 1.10 bits per heavy atom. The monoisotopic (exact) mass is 598 g/mol. The molecule has 3 N–H and O–H groups in total. The summed E-state index contributed by atoms with van der Waals surface area (Å²) in [7, 11) is 3.92. The normalized spacial score (nSPS) is 14.9. The van der Waals surface area contributed by atoms with Gasteiger partial charge < -0.3 is 30.5 Å². The number of alkyl halides is 1. The zero-order valence-electron chi connectivity index (χ0n) is 23.2. The highest BCUT2D eigenvalue weighted by Gasteiger charge is 2.24. The molecular formula is C29H32ClFN6O5. The van der Waals surface area contributed by atoms with Gasteiger partial charge in [0.15, 0.2) is 6.30 Å². The third kappa shape index (κ3) is 7.93. The average Bonchev–Trinajstić information content (AvgIpc) is 2.96. The molecule has 222 valence electrons. The number of halogens is 2. The van der Waals surface area contributed by atoms with Gasteiger partial charge in [-0.25, -0.2) is 4.39 Å². The number of anilines is 4. The number of nitrogens with one attached hydrogen (secondary N) is 3. The highest BCUT2D eigenvalue weighted by molar-refractivity contribution is 6.34. The van der Waals surface area contributed by atoms with Crippen LogP contribution in [0.2, 0.25) is 5.02 Å². The third-order valence-electron chi connectivity index (χ3n) is 6.53. The van der Waals surface area contributed by atoms with Crippen molar-refractivity contribution in [2.75, 3.05) is 67.8 Å². The van der Waals surface area contributed by atoms with E-state index in [0.717, 1.165) is 13.0 Å². The number of carbonyl (C=O) groups is 2. The Labute approximate surface area is 247 Å². The molecule has 1 fully saturated rings. The van der Waals surface area contributed by atoms with E-state index in [1.54, 1.807) is 35.2 Å². The van der Waals surface area contributed by atoms with Crippen molar-refractivity contribution < 1.29 is 23.6 Å². The van der Waals surface area contributed by atoms with Gasteiger partial charge in [0.1, 0.15) is 5.56 Å². The van der Waals surface area contributed by atoms with Gasteiger partial charge in [-0.15, -0.1) is 0 Å². The first kappa shape index (κ1) is 30.7. The summed E-state index contributed by atoms with van der Waals surface area (Å²) in [6.07, 6.45) is -0.452. The summed E-state index contributed by atoms with van der Waals surface area (Å²) in [5, 5.41) is 20.3. The molecule has 1 atom stereocenters. The molecule has 13 heteroatoms. The maximum Gasteiger partial charge on any atom is 0.282 e. The van der Waals surface area contributed by atoms with Crippen molar-refractivity contribution >= 4 is 51.9 Å². The topological polar surface area (TPSA) is 129 Å². The van der Waals surface area contributed by atoms with E-state index in [1.807, 2.05) is 19.0 Å². The first-order valence-electron chi connectivity index (χ1n) is 13.3. The van der Waals surface area contributed by atoms with Gasteiger partial charge in [0, 0.05) is 41.8 Å². The number of benzene rings is 3. The fourth-order valence-electron chi connectivity index (χ4n) is 4.40. The lowest BCUT2D eigenvalue weighted by molar-refractivity contribution is -0.385. The van der Waals surface area contributed by atoms with Crippen LogP contribution in [-0.4, -0.2) is 74.9 Å². The molecule has 11 nitrogen and oxygen atoms in total. The molecule has 1 unspecified atom stereocenters. The average molecular weight is 599 g/mol. The number of nitro groups is 1. The van der Waals surface area contributed by atoms with E-state index < -0.39 is 23.0 Å². The number of hydrogen-bond donors (Lipinski definition) is 3. The van der Waals surface area contributed by atoms with Gasteiger partial charge in [0.2, 0.25) is 0 Å². The van der Waals surface area contributed by atoms with Gasteiger partial charge in [0.25, 0.3) is 17.5 Å². The van der Waals surface area contributed by atoms with Gasteiger partial charge in [-0.05, 0) is 75.6 Å². The Balaban J connectivity index is 1.48. The number of nitrogens with zero attached hydrogens (tertiary/aromatic N) is 3. The Hall–Kier alpha value is -4.26. The van der Waals surface area contributed by atoms with Gasteiger partial charge in [-0.3, -0.25) is 19.7 Å². The first-order valence-corrected chi connectivity index (χ1v) is 13.7. The van der Waals surface area contributed by atoms with E-state index in [2.05, 4.69) is 16.0 Å². The number of amides is 2. The van der Waals surface area contributed by atoms with E-state index in [4.69, 9.17) is 16.3 Å². The smallest absolute Gasteiger partial charge is 0.282 e. The molecule has 1 aliphatic heterocycles. The van der Waals surface area contributed by atoms with Crippen LogP contribution in [-0.2, 0) is 4.74 Å². The second-order valence-electron chi connectivity index (χ2n) is 9.93. The largest absolute Gasteiger partial charge is 0.385 e. The van der Waals surface area contributed by atoms with Crippen molar-refractivity contribution in [3.63, 3.8) is 0 Å². The predicted octanol–water partition coefficient (Wildman–Crippen LogP) is 5.25. The lowest BCUT2D eigenvalue weighted by Crippen LogP contribution is -2.42. The standard InChI is InChI=1S/C29H32ClFN6O5/c1-35(2)12-4-11-32-20-8-10-26(37(40)41)23(17-20)29(39)34-25-15-19(7-9-24(25)30)28(38)33-21-5-3-6-22(16-21)36-13-14-42-18-27(36)31/h3,5-10,15-17,27,32H,4,11-14,18H2,1-2H3,(H,33,38)(H,34,39). The number of morpholine rings is 1. The molecule has 0 aliphatic carbocycles. The van der Waals surface area contributed by atoms with Crippen LogP contribution in [0.25, 0.3) is 0 Å². The first-order chi connectivity index (χ1) is 20.1. The van der Waals surface area contributed by atoms with Crippen molar-refractivity contribution in [2.45, 2.75) is 12.7 Å². The number of carbonyl (C=O) groups excluding carboxylic acids is 2. The van der Waals surface area contributed by atoms with Gasteiger partial charge in [0.05, 0.1) is 28.8 Å². The summed E-state index contributed by atoms with van der Waals surface area (Å²) in [6.45, 7) is 2.22. The zero-order chi connectivity index (χ0) is 30.2. The molecule has 2 amide bonds. The second-order valence-corrected chi connectivity index (χ2v) is 10.3. The van der Waals surface area contributed by atoms with E-state index in [-0.39, 0.29) is 34.1 Å². The fourth-order valence-corrected chi connectivity index (χ4v) is 4.56. The molecule has 1 saturated heterocycles. The highest BCUT2D eigenvalue weighted by atomic mass is 35.5. The minimum Gasteiger partial charge on any atom is -0.385 e. The maximum atomic E-state index is 14.3. The molecule has 0 aromatic heterocycles. The minimum absolute atomic E-state index is 0.0312. The van der Waals surface area contributed by atoms with E-state index in [0.29, 0.717) is 36.8 Å². The molecule has 0 radical (unpaired) electrons.